The average molecular weight is 353 g/mol. The molecule has 1 aromatic rings. The summed E-state index contributed by atoms with van der Waals surface area (Å²) in [6.45, 7) is 1.73. The van der Waals surface area contributed by atoms with Crippen LogP contribution in [0.1, 0.15) is 12.8 Å². The van der Waals surface area contributed by atoms with Crippen molar-refractivity contribution in [3.8, 4) is 5.75 Å². The summed E-state index contributed by atoms with van der Waals surface area (Å²) in [5.74, 6) is 0.868. The number of benzene rings is 1. The van der Waals surface area contributed by atoms with Gasteiger partial charge in [-0.05, 0) is 31.0 Å². The van der Waals surface area contributed by atoms with Crippen LogP contribution in [0.4, 0.5) is 0 Å². The number of carbonyl (C=O) groups is 2. The third kappa shape index (κ3) is 3.05. The topological polar surface area (TPSA) is 49.9 Å². The Morgan fingerprint density at radius 3 is 3.00 bits per heavy atom. The van der Waals surface area contributed by atoms with Crippen LogP contribution >= 0.6 is 15.9 Å². The summed E-state index contributed by atoms with van der Waals surface area (Å²) in [6, 6.07) is 7.33. The van der Waals surface area contributed by atoms with Crippen molar-refractivity contribution in [1.29, 1.82) is 0 Å². The zero-order chi connectivity index (χ0) is 14.8. The number of halogens is 1. The van der Waals surface area contributed by atoms with Crippen LogP contribution in [-0.2, 0) is 9.59 Å². The number of hydrogen-bond donors (Lipinski definition) is 0. The second kappa shape index (κ2) is 6.05. The smallest absolute Gasteiger partial charge is 0.245 e. The lowest BCUT2D eigenvalue weighted by atomic mass is 10.1. The van der Waals surface area contributed by atoms with E-state index in [1.54, 1.807) is 9.80 Å². The lowest BCUT2D eigenvalue weighted by Gasteiger charge is -2.36. The zero-order valence-corrected chi connectivity index (χ0v) is 13.2. The first kappa shape index (κ1) is 14.4. The molecule has 0 N–H and O–H groups in total. The van der Waals surface area contributed by atoms with E-state index >= 15 is 0 Å². The SMILES string of the molecule is O=C1C2CCCN2C(=O)CN1CCOc1cccc(Br)c1. The fourth-order valence-corrected chi connectivity index (χ4v) is 3.26. The van der Waals surface area contributed by atoms with E-state index in [4.69, 9.17) is 4.74 Å². The van der Waals surface area contributed by atoms with Gasteiger partial charge in [-0.15, -0.1) is 0 Å². The van der Waals surface area contributed by atoms with Crippen LogP contribution in [0.2, 0.25) is 0 Å². The third-order valence-electron chi connectivity index (χ3n) is 3.92. The summed E-state index contributed by atoms with van der Waals surface area (Å²) >= 11 is 3.38. The molecule has 0 bridgehead atoms. The minimum absolute atomic E-state index is 0.0551. The van der Waals surface area contributed by atoms with Crippen LogP contribution < -0.4 is 4.74 Å². The van der Waals surface area contributed by atoms with Gasteiger partial charge < -0.3 is 14.5 Å². The molecule has 112 valence electrons. The Balaban J connectivity index is 1.55. The highest BCUT2D eigenvalue weighted by atomic mass is 79.9. The summed E-state index contributed by atoms with van der Waals surface area (Å²) in [5, 5.41) is 0. The zero-order valence-electron chi connectivity index (χ0n) is 11.6. The summed E-state index contributed by atoms with van der Waals surface area (Å²) in [5.41, 5.74) is 0. The van der Waals surface area contributed by atoms with Gasteiger partial charge in [-0.2, -0.15) is 0 Å². The molecular weight excluding hydrogens is 336 g/mol. The maximum absolute atomic E-state index is 12.3. The van der Waals surface area contributed by atoms with Crippen LogP contribution in [0.15, 0.2) is 28.7 Å². The Bertz CT molecular complexity index is 564. The number of nitrogens with zero attached hydrogens (tertiary/aromatic N) is 2. The van der Waals surface area contributed by atoms with Crippen molar-refractivity contribution >= 4 is 27.7 Å². The standard InChI is InChI=1S/C15H17BrN2O3/c16-11-3-1-4-12(9-11)21-8-7-17-10-14(19)18-6-2-5-13(18)15(17)20/h1,3-4,9,13H,2,5-8,10H2. The number of rotatable bonds is 4. The van der Waals surface area contributed by atoms with Crippen LogP contribution in [0.25, 0.3) is 0 Å². The second-order valence-electron chi connectivity index (χ2n) is 5.31. The molecule has 2 fully saturated rings. The Kier molecular flexibility index (Phi) is 4.14. The first-order valence-corrected chi connectivity index (χ1v) is 7.91. The van der Waals surface area contributed by atoms with Crippen LogP contribution in [0.3, 0.4) is 0 Å². The number of amides is 2. The molecular formula is C15H17BrN2O3. The highest BCUT2D eigenvalue weighted by Gasteiger charge is 2.41. The Morgan fingerprint density at radius 1 is 1.33 bits per heavy atom. The van der Waals surface area contributed by atoms with Crippen LogP contribution in [-0.4, -0.2) is 53.9 Å². The molecule has 0 aliphatic carbocycles. The van der Waals surface area contributed by atoms with E-state index in [2.05, 4.69) is 15.9 Å². The van der Waals surface area contributed by atoms with Crippen LogP contribution in [0.5, 0.6) is 5.75 Å². The molecule has 1 aromatic carbocycles. The first-order valence-electron chi connectivity index (χ1n) is 7.12. The van der Waals surface area contributed by atoms with Crippen molar-refractivity contribution in [3.63, 3.8) is 0 Å². The number of hydrogen-bond acceptors (Lipinski definition) is 3. The minimum atomic E-state index is -0.239. The van der Waals surface area contributed by atoms with Gasteiger partial charge in [-0.25, -0.2) is 0 Å². The van der Waals surface area contributed by atoms with Gasteiger partial charge in [0, 0.05) is 11.0 Å². The highest BCUT2D eigenvalue weighted by molar-refractivity contribution is 9.10. The number of carbonyl (C=O) groups excluding carboxylic acids is 2. The second-order valence-corrected chi connectivity index (χ2v) is 6.23. The van der Waals surface area contributed by atoms with Gasteiger partial charge in [0.15, 0.2) is 0 Å². The molecule has 3 rings (SSSR count). The average Bonchev–Trinajstić information content (AvgIpc) is 2.94. The van der Waals surface area contributed by atoms with Crippen molar-refractivity contribution in [2.24, 2.45) is 0 Å². The van der Waals surface area contributed by atoms with E-state index in [9.17, 15) is 9.59 Å². The summed E-state index contributed by atoms with van der Waals surface area (Å²) < 4.78 is 6.59. The molecule has 6 heteroatoms. The van der Waals surface area contributed by atoms with Crippen molar-refractivity contribution in [2.75, 3.05) is 26.2 Å². The third-order valence-corrected chi connectivity index (χ3v) is 4.42. The molecule has 1 unspecified atom stereocenters. The quantitative estimate of drug-likeness (QED) is 0.827. The predicted molar refractivity (Wildman–Crippen MR) is 81.0 cm³/mol. The molecule has 2 saturated heterocycles. The molecule has 0 aromatic heterocycles. The van der Waals surface area contributed by atoms with Gasteiger partial charge in [0.2, 0.25) is 11.8 Å². The van der Waals surface area contributed by atoms with Gasteiger partial charge in [0.25, 0.3) is 0 Å². The van der Waals surface area contributed by atoms with Gasteiger partial charge in [-0.1, -0.05) is 22.0 Å². The highest BCUT2D eigenvalue weighted by Crippen LogP contribution is 2.23. The van der Waals surface area contributed by atoms with Crippen LogP contribution in [0, 0.1) is 0 Å². The van der Waals surface area contributed by atoms with E-state index < -0.39 is 0 Å². The number of fused-ring (bicyclic) bond motifs is 1. The number of ether oxygens (including phenoxy) is 1. The molecule has 2 aliphatic rings. The minimum Gasteiger partial charge on any atom is -0.492 e. The van der Waals surface area contributed by atoms with Crippen molar-refractivity contribution in [3.05, 3.63) is 28.7 Å². The summed E-state index contributed by atoms with van der Waals surface area (Å²) in [4.78, 5) is 27.6. The Morgan fingerprint density at radius 2 is 2.19 bits per heavy atom. The Hall–Kier alpha value is -1.56. The van der Waals surface area contributed by atoms with Crippen molar-refractivity contribution < 1.29 is 14.3 Å². The predicted octanol–water partition coefficient (Wildman–Crippen LogP) is 1.66. The molecule has 0 saturated carbocycles. The molecule has 0 spiro atoms. The van der Waals surface area contributed by atoms with Crippen molar-refractivity contribution in [2.45, 2.75) is 18.9 Å². The first-order chi connectivity index (χ1) is 10.1. The van der Waals surface area contributed by atoms with Gasteiger partial charge in [-0.3, -0.25) is 9.59 Å². The van der Waals surface area contributed by atoms with E-state index in [0.29, 0.717) is 13.2 Å². The van der Waals surface area contributed by atoms with E-state index in [1.165, 1.54) is 0 Å². The lowest BCUT2D eigenvalue weighted by Crippen LogP contribution is -2.57. The van der Waals surface area contributed by atoms with E-state index in [1.807, 2.05) is 24.3 Å². The molecule has 1 atom stereocenters. The van der Waals surface area contributed by atoms with Gasteiger partial charge >= 0.3 is 0 Å². The largest absolute Gasteiger partial charge is 0.492 e. The maximum Gasteiger partial charge on any atom is 0.245 e. The summed E-state index contributed by atoms with van der Waals surface area (Å²) in [7, 11) is 0. The molecule has 2 heterocycles. The van der Waals surface area contributed by atoms with E-state index in [0.717, 1.165) is 29.6 Å². The fourth-order valence-electron chi connectivity index (χ4n) is 2.88. The Labute approximate surface area is 132 Å². The van der Waals surface area contributed by atoms with Crippen molar-refractivity contribution in [1.82, 2.24) is 9.80 Å². The lowest BCUT2D eigenvalue weighted by molar-refractivity contribution is -0.153. The molecule has 5 nitrogen and oxygen atoms in total. The molecule has 21 heavy (non-hydrogen) atoms. The van der Waals surface area contributed by atoms with Gasteiger partial charge in [0.05, 0.1) is 13.1 Å². The number of piperazine rings is 1. The fraction of sp³-hybridized carbons (Fsp3) is 0.467. The maximum atomic E-state index is 12.3. The van der Waals surface area contributed by atoms with E-state index in [-0.39, 0.29) is 24.4 Å². The van der Waals surface area contributed by atoms with Gasteiger partial charge in [0.1, 0.15) is 18.4 Å². The normalized spacial score (nSPS) is 21.7. The molecule has 0 radical (unpaired) electrons. The summed E-state index contributed by atoms with van der Waals surface area (Å²) in [6.07, 6.45) is 1.71. The monoisotopic (exact) mass is 352 g/mol. The molecule has 2 aliphatic heterocycles. The molecule has 2 amide bonds.